The van der Waals surface area contributed by atoms with Crippen LogP contribution in [-0.4, -0.2) is 0 Å². The highest BCUT2D eigenvalue weighted by atomic mass is 14.4. The van der Waals surface area contributed by atoms with Gasteiger partial charge in [-0.05, 0) is 42.9 Å². The summed E-state index contributed by atoms with van der Waals surface area (Å²) in [6.45, 7) is 11.1. The SMILES string of the molecule is C=CCCC1(C(C)C)CCCC(C)C1. The molecule has 82 valence electrons. The van der Waals surface area contributed by atoms with Gasteiger partial charge in [-0.15, -0.1) is 6.58 Å². The van der Waals surface area contributed by atoms with Gasteiger partial charge in [0.2, 0.25) is 0 Å². The summed E-state index contributed by atoms with van der Waals surface area (Å²) < 4.78 is 0. The van der Waals surface area contributed by atoms with E-state index in [1.165, 1.54) is 38.5 Å². The van der Waals surface area contributed by atoms with Gasteiger partial charge in [-0.2, -0.15) is 0 Å². The van der Waals surface area contributed by atoms with E-state index >= 15 is 0 Å². The van der Waals surface area contributed by atoms with Crippen molar-refractivity contribution in [1.82, 2.24) is 0 Å². The highest BCUT2D eigenvalue weighted by molar-refractivity contribution is 4.89. The smallest absolute Gasteiger partial charge is 0.0269 e. The van der Waals surface area contributed by atoms with E-state index in [9.17, 15) is 0 Å². The summed E-state index contributed by atoms with van der Waals surface area (Å²) in [6, 6.07) is 0. The molecule has 0 bridgehead atoms. The average Bonchev–Trinajstić information content (AvgIpc) is 2.14. The molecule has 0 heteroatoms. The van der Waals surface area contributed by atoms with Crippen molar-refractivity contribution >= 4 is 0 Å². The van der Waals surface area contributed by atoms with Crippen molar-refractivity contribution in [1.29, 1.82) is 0 Å². The van der Waals surface area contributed by atoms with Crippen LogP contribution in [0.25, 0.3) is 0 Å². The van der Waals surface area contributed by atoms with Crippen molar-refractivity contribution < 1.29 is 0 Å². The second-order valence-electron chi connectivity index (χ2n) is 5.55. The molecule has 0 N–H and O–H groups in total. The van der Waals surface area contributed by atoms with Gasteiger partial charge in [0.15, 0.2) is 0 Å². The molecule has 1 aliphatic carbocycles. The topological polar surface area (TPSA) is 0 Å². The summed E-state index contributed by atoms with van der Waals surface area (Å²) >= 11 is 0. The maximum Gasteiger partial charge on any atom is -0.0269 e. The molecule has 0 nitrogen and oxygen atoms in total. The Morgan fingerprint density at radius 3 is 2.71 bits per heavy atom. The van der Waals surface area contributed by atoms with E-state index in [2.05, 4.69) is 33.4 Å². The van der Waals surface area contributed by atoms with Crippen LogP contribution in [0.3, 0.4) is 0 Å². The Bertz CT molecular complexity index is 180. The van der Waals surface area contributed by atoms with Gasteiger partial charge >= 0.3 is 0 Å². The Kier molecular flexibility index (Phi) is 4.22. The normalized spacial score (nSPS) is 33.3. The maximum atomic E-state index is 3.85. The Labute approximate surface area is 89.8 Å². The summed E-state index contributed by atoms with van der Waals surface area (Å²) in [5.41, 5.74) is 0.631. The summed E-state index contributed by atoms with van der Waals surface area (Å²) in [6.07, 6.45) is 10.4. The molecule has 1 saturated carbocycles. The standard InChI is InChI=1S/C14H26/c1-5-6-9-14(12(2)3)10-7-8-13(4)11-14/h5,12-13H,1,6-11H2,2-4H3. The van der Waals surface area contributed by atoms with Crippen LogP contribution >= 0.6 is 0 Å². The lowest BCUT2D eigenvalue weighted by Crippen LogP contribution is -2.32. The Hall–Kier alpha value is -0.260. The van der Waals surface area contributed by atoms with Crippen LogP contribution in [0, 0.1) is 17.3 Å². The summed E-state index contributed by atoms with van der Waals surface area (Å²) in [4.78, 5) is 0. The van der Waals surface area contributed by atoms with E-state index in [1.807, 2.05) is 0 Å². The number of allylic oxidation sites excluding steroid dienone is 1. The largest absolute Gasteiger partial charge is 0.103 e. The average molecular weight is 194 g/mol. The first-order chi connectivity index (χ1) is 6.60. The van der Waals surface area contributed by atoms with E-state index < -0.39 is 0 Å². The van der Waals surface area contributed by atoms with Crippen LogP contribution in [-0.2, 0) is 0 Å². The van der Waals surface area contributed by atoms with Gasteiger partial charge in [-0.3, -0.25) is 0 Å². The zero-order valence-electron chi connectivity index (χ0n) is 10.2. The van der Waals surface area contributed by atoms with Gasteiger partial charge in [0, 0.05) is 0 Å². The van der Waals surface area contributed by atoms with Crippen molar-refractivity contribution in [2.45, 2.75) is 59.3 Å². The molecule has 1 fully saturated rings. The number of hydrogen-bond donors (Lipinski definition) is 0. The Balaban J connectivity index is 2.64. The second-order valence-corrected chi connectivity index (χ2v) is 5.55. The van der Waals surface area contributed by atoms with Crippen LogP contribution < -0.4 is 0 Å². The first kappa shape index (κ1) is 11.8. The van der Waals surface area contributed by atoms with Crippen molar-refractivity contribution in [2.75, 3.05) is 0 Å². The molecule has 0 amide bonds. The molecule has 0 aromatic carbocycles. The fraction of sp³-hybridized carbons (Fsp3) is 0.857. The van der Waals surface area contributed by atoms with E-state index in [0.717, 1.165) is 11.8 Å². The van der Waals surface area contributed by atoms with Gasteiger partial charge in [0.05, 0.1) is 0 Å². The molecule has 0 aromatic heterocycles. The Morgan fingerprint density at radius 2 is 2.21 bits per heavy atom. The lowest BCUT2D eigenvalue weighted by atomic mass is 9.62. The monoisotopic (exact) mass is 194 g/mol. The van der Waals surface area contributed by atoms with Crippen LogP contribution in [0.5, 0.6) is 0 Å². The van der Waals surface area contributed by atoms with Crippen LogP contribution in [0.15, 0.2) is 12.7 Å². The van der Waals surface area contributed by atoms with Crippen LogP contribution in [0.4, 0.5) is 0 Å². The van der Waals surface area contributed by atoms with Crippen LogP contribution in [0.1, 0.15) is 59.3 Å². The highest BCUT2D eigenvalue weighted by Gasteiger charge is 2.36. The van der Waals surface area contributed by atoms with Gasteiger partial charge in [-0.25, -0.2) is 0 Å². The number of rotatable bonds is 4. The van der Waals surface area contributed by atoms with Gasteiger partial charge in [-0.1, -0.05) is 39.7 Å². The molecule has 2 atom stereocenters. The van der Waals surface area contributed by atoms with Gasteiger partial charge in [0.1, 0.15) is 0 Å². The predicted molar refractivity (Wildman–Crippen MR) is 64.3 cm³/mol. The molecular weight excluding hydrogens is 168 g/mol. The first-order valence-electron chi connectivity index (χ1n) is 6.21. The molecule has 1 rings (SSSR count). The summed E-state index contributed by atoms with van der Waals surface area (Å²) in [5.74, 6) is 1.78. The minimum atomic E-state index is 0.631. The second kappa shape index (κ2) is 5.00. The van der Waals surface area contributed by atoms with Crippen molar-refractivity contribution in [2.24, 2.45) is 17.3 Å². The molecule has 0 aromatic rings. The van der Waals surface area contributed by atoms with Crippen molar-refractivity contribution in [3.63, 3.8) is 0 Å². The quantitative estimate of drug-likeness (QED) is 0.564. The van der Waals surface area contributed by atoms with Crippen LogP contribution in [0.2, 0.25) is 0 Å². The lowest BCUT2D eigenvalue weighted by molar-refractivity contribution is 0.0772. The van der Waals surface area contributed by atoms with Crippen molar-refractivity contribution in [3.8, 4) is 0 Å². The highest BCUT2D eigenvalue weighted by Crippen LogP contribution is 2.47. The summed E-state index contributed by atoms with van der Waals surface area (Å²) in [5, 5.41) is 0. The molecular formula is C14H26. The molecule has 0 radical (unpaired) electrons. The lowest BCUT2D eigenvalue weighted by Gasteiger charge is -2.43. The maximum absolute atomic E-state index is 3.85. The molecule has 2 unspecified atom stereocenters. The zero-order valence-corrected chi connectivity index (χ0v) is 10.2. The molecule has 1 aliphatic rings. The van der Waals surface area contributed by atoms with E-state index in [1.54, 1.807) is 0 Å². The predicted octanol–water partition coefficient (Wildman–Crippen LogP) is 4.81. The third-order valence-electron chi connectivity index (χ3n) is 4.20. The molecule has 0 saturated heterocycles. The third kappa shape index (κ3) is 2.62. The minimum absolute atomic E-state index is 0.631. The zero-order chi connectivity index (χ0) is 10.6. The summed E-state index contributed by atoms with van der Waals surface area (Å²) in [7, 11) is 0. The third-order valence-corrected chi connectivity index (χ3v) is 4.20. The van der Waals surface area contributed by atoms with E-state index in [4.69, 9.17) is 0 Å². The Morgan fingerprint density at radius 1 is 1.50 bits per heavy atom. The molecule has 0 heterocycles. The number of hydrogen-bond acceptors (Lipinski definition) is 0. The minimum Gasteiger partial charge on any atom is -0.103 e. The van der Waals surface area contributed by atoms with Crippen molar-refractivity contribution in [3.05, 3.63) is 12.7 Å². The van der Waals surface area contributed by atoms with Gasteiger partial charge < -0.3 is 0 Å². The van der Waals surface area contributed by atoms with Gasteiger partial charge in [0.25, 0.3) is 0 Å². The molecule has 0 spiro atoms. The fourth-order valence-corrected chi connectivity index (χ4v) is 3.13. The molecule has 14 heavy (non-hydrogen) atoms. The molecule has 0 aliphatic heterocycles. The van der Waals surface area contributed by atoms with E-state index in [-0.39, 0.29) is 0 Å². The van der Waals surface area contributed by atoms with E-state index in [0.29, 0.717) is 5.41 Å². The first-order valence-corrected chi connectivity index (χ1v) is 6.21. The fourth-order valence-electron chi connectivity index (χ4n) is 3.13.